The second kappa shape index (κ2) is 7.78. The van der Waals surface area contributed by atoms with Crippen LogP contribution in [0, 0.1) is 0 Å². The number of hydrogen-bond acceptors (Lipinski definition) is 2. The first-order valence-corrected chi connectivity index (χ1v) is 10.3. The van der Waals surface area contributed by atoms with Gasteiger partial charge >= 0.3 is 0 Å². The van der Waals surface area contributed by atoms with Crippen molar-refractivity contribution in [1.82, 2.24) is 10.2 Å². The summed E-state index contributed by atoms with van der Waals surface area (Å²) in [5, 5.41) is 3.26. The zero-order chi connectivity index (χ0) is 19.6. The summed E-state index contributed by atoms with van der Waals surface area (Å²) in [5.41, 5.74) is 1.81. The van der Waals surface area contributed by atoms with Gasteiger partial charge in [0.05, 0.1) is 0 Å². The number of rotatable bonds is 4. The van der Waals surface area contributed by atoms with E-state index in [9.17, 15) is 9.59 Å². The fourth-order valence-electron chi connectivity index (χ4n) is 4.52. The summed E-state index contributed by atoms with van der Waals surface area (Å²) in [7, 11) is 0. The van der Waals surface area contributed by atoms with Crippen LogP contribution in [0.1, 0.15) is 60.5 Å². The van der Waals surface area contributed by atoms with Crippen LogP contribution in [0.25, 0.3) is 0 Å². The van der Waals surface area contributed by atoms with Gasteiger partial charge in [-0.3, -0.25) is 9.59 Å². The monoisotopic (exact) mass is 376 g/mol. The van der Waals surface area contributed by atoms with Crippen LogP contribution in [0.4, 0.5) is 0 Å². The highest BCUT2D eigenvalue weighted by Crippen LogP contribution is 2.33. The first-order chi connectivity index (χ1) is 13.6. The molecule has 1 saturated carbocycles. The van der Waals surface area contributed by atoms with E-state index in [2.05, 4.69) is 5.32 Å². The zero-order valence-electron chi connectivity index (χ0n) is 16.5. The molecule has 4 nitrogen and oxygen atoms in total. The van der Waals surface area contributed by atoms with E-state index in [1.54, 1.807) is 4.90 Å². The van der Waals surface area contributed by atoms with Crippen LogP contribution in [0.3, 0.4) is 0 Å². The molecule has 4 rings (SSSR count). The largest absolute Gasteiger partial charge is 0.351 e. The Labute approximate surface area is 166 Å². The summed E-state index contributed by atoms with van der Waals surface area (Å²) >= 11 is 0. The summed E-state index contributed by atoms with van der Waals surface area (Å²) in [4.78, 5) is 28.6. The highest BCUT2D eigenvalue weighted by molar-refractivity contribution is 6.02. The van der Waals surface area contributed by atoms with Gasteiger partial charge < -0.3 is 10.2 Å². The third-order valence-electron chi connectivity index (χ3n) is 6.24. The third-order valence-corrected chi connectivity index (χ3v) is 6.24. The van der Waals surface area contributed by atoms with Gasteiger partial charge in [0.25, 0.3) is 5.91 Å². The highest BCUT2D eigenvalue weighted by atomic mass is 16.2. The van der Waals surface area contributed by atoms with Gasteiger partial charge in [0.15, 0.2) is 0 Å². The van der Waals surface area contributed by atoms with Crippen LogP contribution in [-0.4, -0.2) is 28.3 Å². The van der Waals surface area contributed by atoms with Crippen LogP contribution in [0.2, 0.25) is 0 Å². The van der Waals surface area contributed by atoms with Crippen LogP contribution in [0.5, 0.6) is 0 Å². The number of carbonyl (C=O) groups excluding carboxylic acids is 2. The molecule has 0 radical (unpaired) electrons. The number of fused-ring (bicyclic) bond motifs is 1. The molecule has 1 N–H and O–H groups in total. The zero-order valence-corrected chi connectivity index (χ0v) is 16.5. The topological polar surface area (TPSA) is 49.4 Å². The van der Waals surface area contributed by atoms with Crippen molar-refractivity contribution in [3.8, 4) is 0 Å². The predicted molar refractivity (Wildman–Crippen MR) is 110 cm³/mol. The Morgan fingerprint density at radius 1 is 1.04 bits per heavy atom. The number of nitrogens with zero attached hydrogens (tertiary/aromatic N) is 1. The smallest absolute Gasteiger partial charge is 0.255 e. The molecular weight excluding hydrogens is 348 g/mol. The number of amides is 2. The molecule has 1 atom stereocenters. The minimum atomic E-state index is -0.890. The van der Waals surface area contributed by atoms with E-state index in [1.165, 1.54) is 6.42 Å². The predicted octanol–water partition coefficient (Wildman–Crippen LogP) is 4.09. The lowest BCUT2D eigenvalue weighted by Gasteiger charge is -2.45. The third kappa shape index (κ3) is 3.56. The maximum atomic E-state index is 13.4. The van der Waals surface area contributed by atoms with Crippen molar-refractivity contribution >= 4 is 11.8 Å². The molecule has 4 heteroatoms. The lowest BCUT2D eigenvalue weighted by atomic mass is 9.82. The summed E-state index contributed by atoms with van der Waals surface area (Å²) in [5.74, 6) is -0.0924. The Balaban J connectivity index is 1.66. The molecule has 1 aliphatic carbocycles. The fraction of sp³-hybridized carbons (Fsp3) is 0.417. The molecule has 0 unspecified atom stereocenters. The number of carbonyl (C=O) groups is 2. The molecule has 2 aliphatic rings. The van der Waals surface area contributed by atoms with Crippen molar-refractivity contribution in [2.24, 2.45) is 0 Å². The van der Waals surface area contributed by atoms with Crippen LogP contribution in [0.15, 0.2) is 54.6 Å². The quantitative estimate of drug-likeness (QED) is 0.874. The lowest BCUT2D eigenvalue weighted by molar-refractivity contribution is -0.133. The maximum absolute atomic E-state index is 13.4. The summed E-state index contributed by atoms with van der Waals surface area (Å²) in [6.07, 6.45) is 6.18. The van der Waals surface area contributed by atoms with E-state index in [1.807, 2.05) is 61.5 Å². The second-order valence-electron chi connectivity index (χ2n) is 8.29. The van der Waals surface area contributed by atoms with Crippen molar-refractivity contribution < 1.29 is 9.59 Å². The molecule has 2 aromatic carbocycles. The maximum Gasteiger partial charge on any atom is 0.255 e. The first kappa shape index (κ1) is 18.7. The van der Waals surface area contributed by atoms with E-state index >= 15 is 0 Å². The van der Waals surface area contributed by atoms with Gasteiger partial charge in [0, 0.05) is 24.6 Å². The Hall–Kier alpha value is -2.62. The van der Waals surface area contributed by atoms with Gasteiger partial charge in [-0.05, 0) is 37.0 Å². The average Bonchev–Trinajstić information content (AvgIpc) is 2.72. The van der Waals surface area contributed by atoms with Crippen molar-refractivity contribution in [3.05, 3.63) is 71.3 Å². The van der Waals surface area contributed by atoms with Crippen molar-refractivity contribution in [2.45, 2.75) is 63.6 Å². The van der Waals surface area contributed by atoms with Crippen molar-refractivity contribution in [3.63, 3.8) is 0 Å². The fourth-order valence-corrected chi connectivity index (χ4v) is 4.52. The molecule has 0 aromatic heterocycles. The van der Waals surface area contributed by atoms with Gasteiger partial charge in [-0.2, -0.15) is 0 Å². The average molecular weight is 377 g/mol. The number of hydrogen-bond donors (Lipinski definition) is 1. The molecule has 0 bridgehead atoms. The van der Waals surface area contributed by atoms with E-state index in [4.69, 9.17) is 0 Å². The Morgan fingerprint density at radius 3 is 2.46 bits per heavy atom. The SMILES string of the molecule is C[C@]1(C(=O)NC2CCCCC2)Cc2ccccc2C(=O)N1Cc1ccccc1. The van der Waals surface area contributed by atoms with E-state index in [0.717, 1.165) is 36.8 Å². The Morgan fingerprint density at radius 2 is 1.71 bits per heavy atom. The van der Waals surface area contributed by atoms with E-state index in [0.29, 0.717) is 18.5 Å². The second-order valence-corrected chi connectivity index (χ2v) is 8.29. The van der Waals surface area contributed by atoms with Gasteiger partial charge in [-0.1, -0.05) is 67.8 Å². The van der Waals surface area contributed by atoms with Crippen LogP contribution >= 0.6 is 0 Å². The molecule has 2 amide bonds. The minimum Gasteiger partial charge on any atom is -0.351 e. The molecule has 1 fully saturated rings. The molecule has 146 valence electrons. The first-order valence-electron chi connectivity index (χ1n) is 10.3. The standard InChI is InChI=1S/C24H28N2O2/c1-24(23(28)25-20-13-6-3-7-14-20)16-19-12-8-9-15-21(19)22(27)26(24)17-18-10-4-2-5-11-18/h2,4-5,8-12,15,20H,3,6-7,13-14,16-17H2,1H3,(H,25,28)/t24-/m1/s1. The minimum absolute atomic E-state index is 0.0295. The van der Waals surface area contributed by atoms with E-state index in [-0.39, 0.29) is 17.9 Å². The molecule has 28 heavy (non-hydrogen) atoms. The van der Waals surface area contributed by atoms with Crippen molar-refractivity contribution in [1.29, 1.82) is 0 Å². The van der Waals surface area contributed by atoms with Crippen LogP contribution < -0.4 is 5.32 Å². The van der Waals surface area contributed by atoms with Gasteiger partial charge in [-0.15, -0.1) is 0 Å². The Kier molecular flexibility index (Phi) is 5.21. The van der Waals surface area contributed by atoms with Gasteiger partial charge in [0.2, 0.25) is 5.91 Å². The number of benzene rings is 2. The molecule has 0 saturated heterocycles. The van der Waals surface area contributed by atoms with Crippen LogP contribution in [-0.2, 0) is 17.8 Å². The van der Waals surface area contributed by atoms with Crippen molar-refractivity contribution in [2.75, 3.05) is 0 Å². The summed E-state index contributed by atoms with van der Waals surface area (Å²) in [6, 6.07) is 17.8. The normalized spacial score (nSPS) is 22.6. The summed E-state index contributed by atoms with van der Waals surface area (Å²) in [6.45, 7) is 2.35. The molecular formula is C24H28N2O2. The molecule has 2 aromatic rings. The van der Waals surface area contributed by atoms with E-state index < -0.39 is 5.54 Å². The molecule has 0 spiro atoms. The molecule has 1 aliphatic heterocycles. The lowest BCUT2D eigenvalue weighted by Crippen LogP contribution is -2.63. The number of nitrogens with one attached hydrogen (secondary N) is 1. The van der Waals surface area contributed by atoms with Gasteiger partial charge in [0.1, 0.15) is 5.54 Å². The Bertz CT molecular complexity index is 858. The summed E-state index contributed by atoms with van der Waals surface area (Å²) < 4.78 is 0. The highest BCUT2D eigenvalue weighted by Gasteiger charge is 2.47. The van der Waals surface area contributed by atoms with Gasteiger partial charge in [-0.25, -0.2) is 0 Å². The molecule has 1 heterocycles.